The Labute approximate surface area is 179 Å². The number of carbonyl (C=O) groups excluding carboxylic acids is 1. The number of benzene rings is 2. The van der Waals surface area contributed by atoms with Gasteiger partial charge in [-0.1, -0.05) is 6.07 Å². The van der Waals surface area contributed by atoms with Gasteiger partial charge in [0.1, 0.15) is 23.4 Å². The van der Waals surface area contributed by atoms with Crippen LogP contribution in [0.1, 0.15) is 10.4 Å². The highest BCUT2D eigenvalue weighted by atomic mass is 19.2. The number of carboxylic acids is 1. The molecule has 0 spiro atoms. The molecule has 4 aromatic rings. The minimum absolute atomic E-state index is 0.0488. The molecule has 4 rings (SSSR count). The molecule has 0 unspecified atom stereocenters. The van der Waals surface area contributed by atoms with Crippen molar-refractivity contribution in [1.29, 1.82) is 0 Å². The summed E-state index contributed by atoms with van der Waals surface area (Å²) in [5, 5.41) is 22.0. The SMILES string of the molecule is O=C(O)CNC(=O)c1c(O)c(-c2ccccn2)cc2ncc(-c3ccc(F)c(F)c3)nc12. The minimum Gasteiger partial charge on any atom is -0.506 e. The monoisotopic (exact) mass is 436 g/mol. The van der Waals surface area contributed by atoms with E-state index in [0.29, 0.717) is 5.69 Å². The van der Waals surface area contributed by atoms with E-state index in [0.717, 1.165) is 12.1 Å². The molecule has 0 aliphatic heterocycles. The van der Waals surface area contributed by atoms with Crippen LogP contribution in [0.3, 0.4) is 0 Å². The van der Waals surface area contributed by atoms with Gasteiger partial charge in [0.25, 0.3) is 5.91 Å². The molecule has 0 fully saturated rings. The summed E-state index contributed by atoms with van der Waals surface area (Å²) in [7, 11) is 0. The van der Waals surface area contributed by atoms with Gasteiger partial charge in [0.15, 0.2) is 11.6 Å². The topological polar surface area (TPSA) is 125 Å². The third-order valence-corrected chi connectivity index (χ3v) is 4.59. The second-order valence-corrected chi connectivity index (χ2v) is 6.69. The average Bonchev–Trinajstić information content (AvgIpc) is 2.79. The van der Waals surface area contributed by atoms with Crippen molar-refractivity contribution in [2.24, 2.45) is 0 Å². The number of aromatic nitrogens is 3. The number of phenols is 1. The Morgan fingerprint density at radius 2 is 1.81 bits per heavy atom. The van der Waals surface area contributed by atoms with Crippen LogP contribution in [0.25, 0.3) is 33.5 Å². The second kappa shape index (κ2) is 8.34. The molecule has 2 heterocycles. The number of halogens is 2. The molecule has 0 atom stereocenters. The van der Waals surface area contributed by atoms with Crippen molar-refractivity contribution in [3.8, 4) is 28.3 Å². The van der Waals surface area contributed by atoms with Crippen molar-refractivity contribution < 1.29 is 28.6 Å². The number of fused-ring (bicyclic) bond motifs is 1. The summed E-state index contributed by atoms with van der Waals surface area (Å²) < 4.78 is 27.0. The molecule has 10 heteroatoms. The Balaban J connectivity index is 1.94. The van der Waals surface area contributed by atoms with Gasteiger partial charge >= 0.3 is 5.97 Å². The van der Waals surface area contributed by atoms with Crippen LogP contribution >= 0.6 is 0 Å². The zero-order valence-corrected chi connectivity index (χ0v) is 16.2. The van der Waals surface area contributed by atoms with Crippen molar-refractivity contribution in [3.63, 3.8) is 0 Å². The maximum atomic E-state index is 13.7. The van der Waals surface area contributed by atoms with E-state index in [4.69, 9.17) is 5.11 Å². The van der Waals surface area contributed by atoms with E-state index in [1.807, 2.05) is 0 Å². The van der Waals surface area contributed by atoms with Gasteiger partial charge in [-0.05, 0) is 36.4 Å². The Morgan fingerprint density at radius 1 is 1.00 bits per heavy atom. The van der Waals surface area contributed by atoms with Gasteiger partial charge in [-0.25, -0.2) is 13.8 Å². The van der Waals surface area contributed by atoms with Crippen molar-refractivity contribution >= 4 is 22.9 Å². The normalized spacial score (nSPS) is 10.8. The highest BCUT2D eigenvalue weighted by Crippen LogP contribution is 2.36. The first-order chi connectivity index (χ1) is 15.3. The fraction of sp³-hybridized carbons (Fsp3) is 0.0455. The molecule has 3 N–H and O–H groups in total. The number of carboxylic acid groups (broad SMARTS) is 1. The maximum absolute atomic E-state index is 13.7. The zero-order chi connectivity index (χ0) is 22.8. The first-order valence-corrected chi connectivity index (χ1v) is 9.24. The molecule has 0 radical (unpaired) electrons. The summed E-state index contributed by atoms with van der Waals surface area (Å²) in [6.07, 6.45) is 2.81. The van der Waals surface area contributed by atoms with E-state index in [-0.39, 0.29) is 33.4 Å². The molecular formula is C22H14F2N4O4. The average molecular weight is 436 g/mol. The van der Waals surface area contributed by atoms with Crippen LogP contribution in [0.15, 0.2) is 54.9 Å². The number of nitrogens with zero attached hydrogens (tertiary/aromatic N) is 3. The lowest BCUT2D eigenvalue weighted by Crippen LogP contribution is -2.29. The lowest BCUT2D eigenvalue weighted by Gasteiger charge is -2.13. The van der Waals surface area contributed by atoms with Gasteiger partial charge in [-0.15, -0.1) is 0 Å². The number of hydrogen-bond donors (Lipinski definition) is 3. The van der Waals surface area contributed by atoms with Crippen LogP contribution in [-0.2, 0) is 4.79 Å². The van der Waals surface area contributed by atoms with Gasteiger partial charge in [0, 0.05) is 17.3 Å². The van der Waals surface area contributed by atoms with Gasteiger partial charge in [0.05, 0.1) is 23.1 Å². The van der Waals surface area contributed by atoms with Crippen LogP contribution in [0.2, 0.25) is 0 Å². The number of amides is 1. The lowest BCUT2D eigenvalue weighted by atomic mass is 10.0. The highest BCUT2D eigenvalue weighted by Gasteiger charge is 2.23. The summed E-state index contributed by atoms with van der Waals surface area (Å²) >= 11 is 0. The van der Waals surface area contributed by atoms with Crippen LogP contribution < -0.4 is 5.32 Å². The van der Waals surface area contributed by atoms with Crippen LogP contribution in [0.5, 0.6) is 5.75 Å². The van der Waals surface area contributed by atoms with Crippen molar-refractivity contribution in [1.82, 2.24) is 20.3 Å². The van der Waals surface area contributed by atoms with E-state index in [1.54, 1.807) is 18.2 Å². The smallest absolute Gasteiger partial charge is 0.322 e. The Bertz CT molecular complexity index is 1360. The third kappa shape index (κ3) is 3.93. The van der Waals surface area contributed by atoms with E-state index in [9.17, 15) is 23.5 Å². The van der Waals surface area contributed by atoms with Crippen molar-refractivity contribution in [2.75, 3.05) is 6.54 Å². The maximum Gasteiger partial charge on any atom is 0.322 e. The molecular weight excluding hydrogens is 422 g/mol. The highest BCUT2D eigenvalue weighted by molar-refractivity contribution is 6.10. The molecule has 0 aliphatic rings. The van der Waals surface area contributed by atoms with E-state index >= 15 is 0 Å². The molecule has 0 bridgehead atoms. The number of pyridine rings is 1. The van der Waals surface area contributed by atoms with E-state index < -0.39 is 35.8 Å². The molecule has 160 valence electrons. The number of aliphatic carboxylic acids is 1. The van der Waals surface area contributed by atoms with E-state index in [1.165, 1.54) is 24.5 Å². The molecule has 0 saturated heterocycles. The fourth-order valence-electron chi connectivity index (χ4n) is 3.11. The van der Waals surface area contributed by atoms with E-state index in [2.05, 4.69) is 20.3 Å². The Hall–Kier alpha value is -4.47. The number of phenolic OH excluding ortho intramolecular Hbond substituents is 1. The number of hydrogen-bond acceptors (Lipinski definition) is 6. The van der Waals surface area contributed by atoms with Gasteiger partial charge < -0.3 is 15.5 Å². The second-order valence-electron chi connectivity index (χ2n) is 6.69. The van der Waals surface area contributed by atoms with Gasteiger partial charge in [-0.2, -0.15) is 0 Å². The predicted octanol–water partition coefficient (Wildman–Crippen LogP) is 3.16. The van der Waals surface area contributed by atoms with Gasteiger partial charge in [-0.3, -0.25) is 19.6 Å². The molecule has 1 amide bonds. The predicted molar refractivity (Wildman–Crippen MR) is 110 cm³/mol. The summed E-state index contributed by atoms with van der Waals surface area (Å²) in [6.45, 7) is -0.691. The van der Waals surface area contributed by atoms with Crippen LogP contribution in [0, 0.1) is 11.6 Å². The first-order valence-electron chi connectivity index (χ1n) is 9.24. The first kappa shape index (κ1) is 20.8. The summed E-state index contributed by atoms with van der Waals surface area (Å²) in [5.74, 6) is -4.78. The molecule has 32 heavy (non-hydrogen) atoms. The molecule has 2 aromatic carbocycles. The molecule has 0 saturated carbocycles. The Morgan fingerprint density at radius 3 is 2.50 bits per heavy atom. The Kier molecular flexibility index (Phi) is 5.42. The standard InChI is InChI=1S/C22H14F2N4O4/c23-13-5-4-11(7-14(13)24)17-9-26-16-8-12(15-3-1-2-6-25-15)21(31)19(20(16)28-17)22(32)27-10-18(29)30/h1-9,31H,10H2,(H,27,32)(H,29,30). The lowest BCUT2D eigenvalue weighted by molar-refractivity contribution is -0.135. The number of aromatic hydroxyl groups is 1. The number of nitrogens with one attached hydrogen (secondary N) is 1. The molecule has 0 aliphatic carbocycles. The van der Waals surface area contributed by atoms with Crippen LogP contribution in [-0.4, -0.2) is 43.6 Å². The molecule has 8 nitrogen and oxygen atoms in total. The fourth-order valence-corrected chi connectivity index (χ4v) is 3.11. The third-order valence-electron chi connectivity index (χ3n) is 4.59. The minimum atomic E-state index is -1.28. The van der Waals surface area contributed by atoms with Gasteiger partial charge in [0.2, 0.25) is 0 Å². The number of carbonyl (C=O) groups is 2. The number of rotatable bonds is 5. The summed E-state index contributed by atoms with van der Waals surface area (Å²) in [4.78, 5) is 36.4. The zero-order valence-electron chi connectivity index (χ0n) is 16.2. The quantitative estimate of drug-likeness (QED) is 0.439. The largest absolute Gasteiger partial charge is 0.506 e. The van der Waals surface area contributed by atoms with Crippen molar-refractivity contribution in [3.05, 3.63) is 72.1 Å². The molecule has 2 aromatic heterocycles. The van der Waals surface area contributed by atoms with Crippen molar-refractivity contribution in [2.45, 2.75) is 0 Å². The summed E-state index contributed by atoms with van der Waals surface area (Å²) in [6, 6.07) is 9.60. The summed E-state index contributed by atoms with van der Waals surface area (Å²) in [5.41, 5.74) is 0.695. The van der Waals surface area contributed by atoms with Crippen LogP contribution in [0.4, 0.5) is 8.78 Å².